The summed E-state index contributed by atoms with van der Waals surface area (Å²) in [5.41, 5.74) is 3.37. The molecule has 6 aromatic rings. The minimum absolute atomic E-state index is 0.0764. The fraction of sp³-hybridized carbons (Fsp3) is 0.218. The number of hydrogen-bond acceptors (Lipinski definition) is 6. The Hall–Kier alpha value is -6.76. The average molecular weight is 867 g/mol. The molecule has 2 unspecified atom stereocenters. The molecular formula is C55H53N3O5P+. The summed E-state index contributed by atoms with van der Waals surface area (Å²) in [6.45, 7) is 3.91. The highest BCUT2D eigenvalue weighted by Gasteiger charge is 2.48. The van der Waals surface area contributed by atoms with Gasteiger partial charge in [-0.05, 0) is 104 Å². The van der Waals surface area contributed by atoms with Gasteiger partial charge in [0.1, 0.15) is 40.4 Å². The molecule has 64 heavy (non-hydrogen) atoms. The Labute approximate surface area is 376 Å². The van der Waals surface area contributed by atoms with Crippen molar-refractivity contribution in [1.82, 2.24) is 9.80 Å². The zero-order valence-electron chi connectivity index (χ0n) is 36.3. The van der Waals surface area contributed by atoms with Gasteiger partial charge in [-0.1, -0.05) is 84.9 Å². The predicted octanol–water partition coefficient (Wildman–Crippen LogP) is 9.16. The minimum Gasteiger partial charge on any atom is -0.508 e. The zero-order chi connectivity index (χ0) is 44.3. The number of anilines is 2. The molecule has 1 saturated heterocycles. The van der Waals surface area contributed by atoms with Gasteiger partial charge in [-0.3, -0.25) is 14.4 Å². The Bertz CT molecular complexity index is 2620. The van der Waals surface area contributed by atoms with E-state index in [0.29, 0.717) is 49.7 Å². The number of allylic oxidation sites excluding steroid dienone is 3. The molecule has 8 nitrogen and oxygen atoms in total. The van der Waals surface area contributed by atoms with Crippen LogP contribution in [0.25, 0.3) is 0 Å². The van der Waals surface area contributed by atoms with Crippen LogP contribution in [0.2, 0.25) is 0 Å². The topological polar surface area (TPSA) is 90.4 Å². The van der Waals surface area contributed by atoms with Crippen molar-refractivity contribution in [2.24, 2.45) is 5.41 Å². The number of fused-ring (bicyclic) bond motifs is 2. The van der Waals surface area contributed by atoms with Crippen molar-refractivity contribution in [3.05, 3.63) is 198 Å². The molecule has 1 fully saturated rings. The lowest BCUT2D eigenvalue weighted by Crippen LogP contribution is -2.50. The van der Waals surface area contributed by atoms with E-state index in [4.69, 9.17) is 4.74 Å². The quantitative estimate of drug-likeness (QED) is 0.0976. The van der Waals surface area contributed by atoms with Crippen LogP contribution in [0, 0.1) is 5.41 Å². The number of phenolic OH excluding ortho intramolecular Hbond substituents is 1. The van der Waals surface area contributed by atoms with Crippen molar-refractivity contribution in [2.45, 2.75) is 32.1 Å². The molecule has 3 aliphatic rings. The first-order chi connectivity index (χ1) is 31.2. The van der Waals surface area contributed by atoms with Crippen LogP contribution in [0.4, 0.5) is 11.4 Å². The van der Waals surface area contributed by atoms with E-state index in [2.05, 4.69) is 104 Å². The molecule has 0 radical (unpaired) electrons. The third-order valence-corrected chi connectivity index (χ3v) is 17.8. The molecule has 1 aliphatic carbocycles. The number of ketones is 1. The number of ether oxygens (including phenoxy) is 1. The number of amides is 2. The van der Waals surface area contributed by atoms with E-state index < -0.39 is 12.7 Å². The van der Waals surface area contributed by atoms with E-state index in [0.717, 1.165) is 41.5 Å². The molecule has 9 heteroatoms. The number of nitrogens with zero attached hydrogens (tertiary/aromatic N) is 3. The molecule has 2 amide bonds. The number of aromatic hydroxyl groups is 1. The number of carbonyl (C=O) groups excluding carboxylic acids is 3. The van der Waals surface area contributed by atoms with E-state index in [1.165, 1.54) is 15.9 Å². The third-order valence-electron chi connectivity index (χ3n) is 13.3. The number of phenols is 1. The van der Waals surface area contributed by atoms with Gasteiger partial charge in [0.05, 0.1) is 11.6 Å². The van der Waals surface area contributed by atoms with E-state index in [9.17, 15) is 19.5 Å². The van der Waals surface area contributed by atoms with Gasteiger partial charge in [0.2, 0.25) is 5.91 Å². The van der Waals surface area contributed by atoms with Crippen molar-refractivity contribution in [1.29, 1.82) is 0 Å². The smallest absolute Gasteiger partial charge is 0.254 e. The molecule has 0 spiro atoms. The Kier molecular flexibility index (Phi) is 12.1. The molecular weight excluding hydrogens is 814 g/mol. The van der Waals surface area contributed by atoms with Crippen LogP contribution >= 0.6 is 7.26 Å². The fourth-order valence-electron chi connectivity index (χ4n) is 9.80. The highest BCUT2D eigenvalue weighted by atomic mass is 31.2. The van der Waals surface area contributed by atoms with Crippen molar-refractivity contribution in [2.75, 3.05) is 44.3 Å². The number of piperazine rings is 1. The van der Waals surface area contributed by atoms with Crippen LogP contribution in [0.5, 0.6) is 11.5 Å². The lowest BCUT2D eigenvalue weighted by atomic mass is 9.64. The highest BCUT2D eigenvalue weighted by molar-refractivity contribution is 7.95. The molecule has 1 N–H and O–H groups in total. The predicted molar refractivity (Wildman–Crippen MR) is 258 cm³/mol. The van der Waals surface area contributed by atoms with Crippen LogP contribution in [0.1, 0.15) is 53.6 Å². The number of unbranched alkanes of at least 4 members (excludes halogenated alkanes) is 1. The van der Waals surface area contributed by atoms with E-state index in [-0.39, 0.29) is 29.3 Å². The second-order valence-corrected chi connectivity index (χ2v) is 20.7. The summed E-state index contributed by atoms with van der Waals surface area (Å²) in [4.78, 5) is 47.0. The average Bonchev–Trinajstić information content (AvgIpc) is 3.34. The largest absolute Gasteiger partial charge is 0.508 e. The van der Waals surface area contributed by atoms with Crippen molar-refractivity contribution < 1.29 is 24.2 Å². The molecule has 0 bridgehead atoms. The molecule has 2 heterocycles. The summed E-state index contributed by atoms with van der Waals surface area (Å²) >= 11 is 0. The van der Waals surface area contributed by atoms with Gasteiger partial charge in [-0.15, -0.1) is 0 Å². The molecule has 0 saturated carbocycles. The number of rotatable bonds is 12. The van der Waals surface area contributed by atoms with E-state index in [1.54, 1.807) is 24.3 Å². The summed E-state index contributed by atoms with van der Waals surface area (Å²) in [6, 6.07) is 53.4. The molecule has 2 atom stereocenters. The van der Waals surface area contributed by atoms with Gasteiger partial charge in [0.15, 0.2) is 5.78 Å². The van der Waals surface area contributed by atoms with Crippen LogP contribution < -0.4 is 25.6 Å². The fourth-order valence-corrected chi connectivity index (χ4v) is 14.2. The first kappa shape index (κ1) is 42.5. The third kappa shape index (κ3) is 8.15. The monoisotopic (exact) mass is 866 g/mol. The van der Waals surface area contributed by atoms with Gasteiger partial charge in [-0.2, -0.15) is 0 Å². The maximum Gasteiger partial charge on any atom is 0.254 e. The summed E-state index contributed by atoms with van der Waals surface area (Å²) in [5.74, 6) is 0.907. The maximum absolute atomic E-state index is 14.6. The lowest BCUT2D eigenvalue weighted by Gasteiger charge is -2.44. The van der Waals surface area contributed by atoms with Gasteiger partial charge in [-0.25, -0.2) is 0 Å². The normalized spacial score (nSPS) is 18.1. The van der Waals surface area contributed by atoms with Crippen LogP contribution in [-0.4, -0.2) is 71.9 Å². The lowest BCUT2D eigenvalue weighted by molar-refractivity contribution is -0.132. The summed E-state index contributed by atoms with van der Waals surface area (Å²) in [5, 5.41) is 13.9. The molecule has 9 rings (SSSR count). The Morgan fingerprint density at radius 3 is 1.89 bits per heavy atom. The maximum atomic E-state index is 14.6. The van der Waals surface area contributed by atoms with Gasteiger partial charge in [0, 0.05) is 80.2 Å². The molecule has 0 aromatic heterocycles. The zero-order valence-corrected chi connectivity index (χ0v) is 37.2. The first-order valence-corrected chi connectivity index (χ1v) is 24.1. The first-order valence-electron chi connectivity index (χ1n) is 22.2. The Balaban J connectivity index is 0.899. The van der Waals surface area contributed by atoms with Crippen LogP contribution in [-0.2, 0) is 9.59 Å². The van der Waals surface area contributed by atoms with Gasteiger partial charge < -0.3 is 24.5 Å². The summed E-state index contributed by atoms with van der Waals surface area (Å²) in [7, 11) is -0.0212. The second kappa shape index (κ2) is 18.1. The van der Waals surface area contributed by atoms with Crippen LogP contribution in [0.3, 0.4) is 0 Å². The van der Waals surface area contributed by atoms with E-state index >= 15 is 0 Å². The van der Waals surface area contributed by atoms with Gasteiger partial charge in [0.25, 0.3) is 5.91 Å². The van der Waals surface area contributed by atoms with Gasteiger partial charge >= 0.3 is 0 Å². The van der Waals surface area contributed by atoms with Crippen molar-refractivity contribution in [3.63, 3.8) is 0 Å². The standard InChI is InChI=1S/C55H52N3O5P/c1-55-32-31-43(60)39-51(55)63-50-38-41(56(2)40-25-28-42(59)29-26-40)27-30-49(50)53(55)47-22-12-13-23-48(47)54(62)58-35-33-57(34-36-58)52(61)24-14-15-37-64(44-16-6-3-7-17-44,45-18-8-4-9-19-45)46-20-10-5-11-21-46/h3-13,16-23,25-32,38-39,53H,14-15,24,33-37H2,1-2H3/p+1. The SMILES string of the molecule is CN(c1ccc(O)cc1)c1ccc2c(c1)OC1=CC(=O)C=CC1(C)C2c1ccccc1C(=O)N1CCN(C(=O)CCCC[P+](c2ccccc2)(c2ccccc2)c2ccccc2)CC1. The second-order valence-electron chi connectivity index (χ2n) is 17.1. The Morgan fingerprint density at radius 1 is 0.703 bits per heavy atom. The number of benzene rings is 6. The van der Waals surface area contributed by atoms with Crippen molar-refractivity contribution >= 4 is 52.1 Å². The number of hydrogen-bond donors (Lipinski definition) is 1. The molecule has 2 aliphatic heterocycles. The summed E-state index contributed by atoms with van der Waals surface area (Å²) < 4.78 is 6.56. The molecule has 6 aromatic carbocycles. The number of carbonyl (C=O) groups is 3. The minimum atomic E-state index is -1.97. The van der Waals surface area contributed by atoms with E-state index in [1.807, 2.05) is 76.4 Å². The Morgan fingerprint density at radius 2 is 1.27 bits per heavy atom. The van der Waals surface area contributed by atoms with Crippen LogP contribution in [0.15, 0.2) is 182 Å². The summed E-state index contributed by atoms with van der Waals surface area (Å²) in [6.07, 6.45) is 8.20. The highest BCUT2D eigenvalue weighted by Crippen LogP contribution is 2.57. The molecule has 322 valence electrons. The van der Waals surface area contributed by atoms with Crippen molar-refractivity contribution in [3.8, 4) is 11.5 Å².